The number of anilines is 2. The van der Waals surface area contributed by atoms with E-state index < -0.39 is 0 Å². The van der Waals surface area contributed by atoms with Gasteiger partial charge in [0.05, 0.1) is 18.8 Å². The van der Waals surface area contributed by atoms with E-state index in [1.165, 1.54) is 11.1 Å². The summed E-state index contributed by atoms with van der Waals surface area (Å²) in [6.45, 7) is 1.73. The first-order valence-electron chi connectivity index (χ1n) is 13.6. The molecule has 1 amide bonds. The van der Waals surface area contributed by atoms with Crippen molar-refractivity contribution in [2.45, 2.75) is 13.0 Å². The Balaban J connectivity index is 1.22. The summed E-state index contributed by atoms with van der Waals surface area (Å²) in [5.41, 5.74) is 12.2. The van der Waals surface area contributed by atoms with Crippen LogP contribution in [0.4, 0.5) is 11.5 Å². The van der Waals surface area contributed by atoms with Crippen molar-refractivity contribution in [1.29, 1.82) is 0 Å². The standard InChI is InChI=1S/C31H26N8O4/c1-41-23-9-6-19(7-10-23)31(40)35-21-3-2-4-24(14-21)42-27-15-26-25(17-34-27)36-30(28-29(32)38-43-37-28)39(26)22-8-5-18-11-12-33-16-20(18)13-22/h2-10,13-15,17,33H,11-12,16H2,1H3,(H2,32,38)(H,35,40). The number of aromatic nitrogens is 5. The van der Waals surface area contributed by atoms with Crippen molar-refractivity contribution in [1.82, 2.24) is 30.2 Å². The summed E-state index contributed by atoms with van der Waals surface area (Å²) >= 11 is 0. The fourth-order valence-electron chi connectivity index (χ4n) is 5.10. The molecule has 7 rings (SSSR count). The molecule has 4 heterocycles. The van der Waals surface area contributed by atoms with Crippen molar-refractivity contribution in [2.75, 3.05) is 24.7 Å². The first-order chi connectivity index (χ1) is 21.1. The summed E-state index contributed by atoms with van der Waals surface area (Å²) in [5, 5.41) is 14.1. The van der Waals surface area contributed by atoms with E-state index in [2.05, 4.69) is 44.1 Å². The molecule has 0 fully saturated rings. The minimum absolute atomic E-state index is 0.133. The zero-order chi connectivity index (χ0) is 29.3. The van der Waals surface area contributed by atoms with Gasteiger partial charge in [-0.1, -0.05) is 12.1 Å². The van der Waals surface area contributed by atoms with Crippen LogP contribution in [-0.4, -0.2) is 44.4 Å². The van der Waals surface area contributed by atoms with Crippen LogP contribution in [0.1, 0.15) is 21.5 Å². The second kappa shape index (κ2) is 10.9. The topological polar surface area (TPSA) is 155 Å². The van der Waals surface area contributed by atoms with Gasteiger partial charge in [-0.2, -0.15) is 0 Å². The van der Waals surface area contributed by atoms with Crippen LogP contribution in [0, 0.1) is 0 Å². The van der Waals surface area contributed by atoms with Crippen molar-refractivity contribution >= 4 is 28.4 Å². The van der Waals surface area contributed by atoms with Crippen molar-refractivity contribution < 1.29 is 18.9 Å². The third-order valence-corrected chi connectivity index (χ3v) is 7.24. The van der Waals surface area contributed by atoms with E-state index >= 15 is 0 Å². The number of carbonyl (C=O) groups is 1. The summed E-state index contributed by atoms with van der Waals surface area (Å²) in [6.07, 6.45) is 2.60. The average Bonchev–Trinajstić information content (AvgIpc) is 3.63. The highest BCUT2D eigenvalue weighted by Gasteiger charge is 2.22. The molecule has 3 aromatic heterocycles. The Bertz CT molecular complexity index is 1970. The number of benzene rings is 3. The zero-order valence-electron chi connectivity index (χ0n) is 23.1. The van der Waals surface area contributed by atoms with Gasteiger partial charge in [0, 0.05) is 35.6 Å². The SMILES string of the molecule is COc1ccc(C(=O)Nc2cccc(Oc3cc4c(cn3)nc(-c3nonc3N)n4-c3ccc4c(c3)CNCC4)c2)cc1. The van der Waals surface area contributed by atoms with Crippen LogP contribution in [0.25, 0.3) is 28.2 Å². The lowest BCUT2D eigenvalue weighted by molar-refractivity contribution is 0.102. The Morgan fingerprint density at radius 3 is 2.72 bits per heavy atom. The van der Waals surface area contributed by atoms with E-state index in [-0.39, 0.29) is 11.7 Å². The Morgan fingerprint density at radius 1 is 1.02 bits per heavy atom. The molecule has 4 N–H and O–H groups in total. The Morgan fingerprint density at radius 2 is 1.91 bits per heavy atom. The zero-order valence-corrected chi connectivity index (χ0v) is 23.1. The Kier molecular flexibility index (Phi) is 6.64. The first kappa shape index (κ1) is 26.2. The van der Waals surface area contributed by atoms with Crippen LogP contribution in [0.3, 0.4) is 0 Å². The molecule has 1 aliphatic heterocycles. The molecule has 12 nitrogen and oxygen atoms in total. The third-order valence-electron chi connectivity index (χ3n) is 7.24. The van der Waals surface area contributed by atoms with E-state index in [1.54, 1.807) is 67.9 Å². The van der Waals surface area contributed by atoms with Gasteiger partial charge in [-0.25, -0.2) is 14.6 Å². The lowest BCUT2D eigenvalue weighted by Gasteiger charge is -2.19. The molecule has 0 aliphatic carbocycles. The maximum absolute atomic E-state index is 12.8. The molecule has 0 unspecified atom stereocenters. The minimum atomic E-state index is -0.252. The van der Waals surface area contributed by atoms with Crippen LogP contribution in [-0.2, 0) is 13.0 Å². The number of hydrogen-bond donors (Lipinski definition) is 3. The highest BCUT2D eigenvalue weighted by molar-refractivity contribution is 6.04. The first-order valence-corrected chi connectivity index (χ1v) is 13.6. The summed E-state index contributed by atoms with van der Waals surface area (Å²) in [6, 6.07) is 22.1. The van der Waals surface area contributed by atoms with E-state index in [0.29, 0.717) is 45.7 Å². The summed E-state index contributed by atoms with van der Waals surface area (Å²) < 4.78 is 18.2. The molecule has 0 saturated carbocycles. The van der Waals surface area contributed by atoms with Gasteiger partial charge in [0.2, 0.25) is 5.88 Å². The van der Waals surface area contributed by atoms with Gasteiger partial charge in [-0.05, 0) is 82.9 Å². The molecule has 1 aliphatic rings. The molecule has 0 spiro atoms. The van der Waals surface area contributed by atoms with Crippen LogP contribution >= 0.6 is 0 Å². The highest BCUT2D eigenvalue weighted by Crippen LogP contribution is 2.33. The second-order valence-electron chi connectivity index (χ2n) is 9.97. The van der Waals surface area contributed by atoms with E-state index in [4.69, 9.17) is 24.8 Å². The van der Waals surface area contributed by atoms with Crippen LogP contribution in [0.15, 0.2) is 83.6 Å². The van der Waals surface area contributed by atoms with Gasteiger partial charge < -0.3 is 25.8 Å². The van der Waals surface area contributed by atoms with E-state index in [9.17, 15) is 4.79 Å². The number of nitrogens with zero attached hydrogens (tertiary/aromatic N) is 5. The Hall–Kier alpha value is -5.75. The normalized spacial score (nSPS) is 12.6. The molecule has 3 aromatic carbocycles. The fraction of sp³-hybridized carbons (Fsp3) is 0.129. The number of fused-ring (bicyclic) bond motifs is 2. The number of carbonyl (C=O) groups excluding carboxylic acids is 1. The van der Waals surface area contributed by atoms with Crippen molar-refractivity contribution in [3.63, 3.8) is 0 Å². The van der Waals surface area contributed by atoms with Gasteiger partial charge >= 0.3 is 0 Å². The predicted octanol–water partition coefficient (Wildman–Crippen LogP) is 4.75. The number of hydrogen-bond acceptors (Lipinski definition) is 10. The third kappa shape index (κ3) is 5.11. The monoisotopic (exact) mass is 574 g/mol. The lowest BCUT2D eigenvalue weighted by atomic mass is 10.0. The molecule has 0 saturated heterocycles. The predicted molar refractivity (Wildman–Crippen MR) is 159 cm³/mol. The van der Waals surface area contributed by atoms with Crippen LogP contribution in [0.5, 0.6) is 17.4 Å². The fourth-order valence-corrected chi connectivity index (χ4v) is 5.10. The molecular formula is C31H26N8O4. The van der Waals surface area contributed by atoms with Crippen LogP contribution < -0.4 is 25.8 Å². The number of ether oxygens (including phenoxy) is 2. The van der Waals surface area contributed by atoms with Gasteiger partial charge in [0.1, 0.15) is 17.0 Å². The largest absolute Gasteiger partial charge is 0.497 e. The smallest absolute Gasteiger partial charge is 0.255 e. The van der Waals surface area contributed by atoms with Crippen molar-refractivity contribution in [3.8, 4) is 34.6 Å². The number of imidazole rings is 1. The van der Waals surface area contributed by atoms with Gasteiger partial charge in [0.25, 0.3) is 5.91 Å². The van der Waals surface area contributed by atoms with Crippen molar-refractivity contribution in [2.24, 2.45) is 0 Å². The summed E-state index contributed by atoms with van der Waals surface area (Å²) in [5.74, 6) is 1.86. The maximum atomic E-state index is 12.8. The average molecular weight is 575 g/mol. The van der Waals surface area contributed by atoms with Gasteiger partial charge in [-0.15, -0.1) is 0 Å². The molecule has 0 bridgehead atoms. The molecule has 0 radical (unpaired) electrons. The van der Waals surface area contributed by atoms with E-state index in [0.717, 1.165) is 30.7 Å². The summed E-state index contributed by atoms with van der Waals surface area (Å²) in [7, 11) is 1.58. The summed E-state index contributed by atoms with van der Waals surface area (Å²) in [4.78, 5) is 22.0. The molecule has 214 valence electrons. The molecule has 6 aromatic rings. The lowest BCUT2D eigenvalue weighted by Crippen LogP contribution is -2.23. The van der Waals surface area contributed by atoms with Gasteiger partial charge in [0.15, 0.2) is 17.3 Å². The number of amides is 1. The number of rotatable bonds is 7. The number of nitrogens with one attached hydrogen (secondary N) is 2. The minimum Gasteiger partial charge on any atom is -0.497 e. The number of pyridine rings is 1. The molecular weight excluding hydrogens is 548 g/mol. The molecule has 0 atom stereocenters. The molecule has 12 heteroatoms. The number of nitrogens with two attached hydrogens (primary N) is 1. The van der Waals surface area contributed by atoms with Crippen LogP contribution in [0.2, 0.25) is 0 Å². The quantitative estimate of drug-likeness (QED) is 0.243. The Labute approximate surface area is 245 Å². The van der Waals surface area contributed by atoms with Crippen molar-refractivity contribution in [3.05, 3.63) is 95.7 Å². The molecule has 43 heavy (non-hydrogen) atoms. The maximum Gasteiger partial charge on any atom is 0.255 e. The number of nitrogen functional groups attached to an aromatic ring is 1. The number of methoxy groups -OCH3 is 1. The second-order valence-corrected chi connectivity index (χ2v) is 9.97. The van der Waals surface area contributed by atoms with E-state index in [1.807, 2.05) is 4.57 Å². The highest BCUT2D eigenvalue weighted by atomic mass is 16.6. The van der Waals surface area contributed by atoms with Gasteiger partial charge in [-0.3, -0.25) is 9.36 Å².